The third-order valence-electron chi connectivity index (χ3n) is 2.43. The van der Waals surface area contributed by atoms with Gasteiger partial charge in [0.25, 0.3) is 0 Å². The topological polar surface area (TPSA) is 70.7 Å². The van der Waals surface area contributed by atoms with Crippen molar-refractivity contribution in [2.75, 3.05) is 13.1 Å². The molecule has 0 bridgehead atoms. The van der Waals surface area contributed by atoms with Crippen molar-refractivity contribution in [1.29, 1.82) is 0 Å². The van der Waals surface area contributed by atoms with Crippen LogP contribution in [-0.2, 0) is 6.42 Å². The molecule has 2 aromatic heterocycles. The first-order valence-corrected chi connectivity index (χ1v) is 6.83. The van der Waals surface area contributed by atoms with Crippen LogP contribution in [0.1, 0.15) is 18.4 Å². The highest BCUT2D eigenvalue weighted by Crippen LogP contribution is 2.21. The van der Waals surface area contributed by atoms with Gasteiger partial charge in [-0.1, -0.05) is 18.3 Å². The average molecular weight is 264 g/mol. The molecule has 2 N–H and O–H groups in total. The van der Waals surface area contributed by atoms with Crippen molar-refractivity contribution in [2.45, 2.75) is 19.8 Å². The summed E-state index contributed by atoms with van der Waals surface area (Å²) in [5.41, 5.74) is 0.706. The lowest BCUT2D eigenvalue weighted by Gasteiger charge is -1.98. The highest BCUT2D eigenvalue weighted by molar-refractivity contribution is 7.14. The number of nitrogens with one attached hydrogen (secondary N) is 2. The summed E-state index contributed by atoms with van der Waals surface area (Å²) in [6, 6.07) is 3.38. The van der Waals surface area contributed by atoms with Crippen LogP contribution in [0.25, 0.3) is 10.6 Å². The van der Waals surface area contributed by atoms with E-state index in [0.29, 0.717) is 0 Å². The van der Waals surface area contributed by atoms with E-state index >= 15 is 0 Å². The molecule has 6 heteroatoms. The first kappa shape index (κ1) is 12.9. The number of pyridine rings is 1. The second kappa shape index (κ2) is 6.42. The molecule has 0 unspecified atom stereocenters. The van der Waals surface area contributed by atoms with Gasteiger partial charge in [-0.2, -0.15) is 0 Å². The molecule has 96 valence electrons. The molecule has 0 aliphatic rings. The van der Waals surface area contributed by atoms with Crippen LogP contribution in [0.5, 0.6) is 0 Å². The Labute approximate surface area is 109 Å². The summed E-state index contributed by atoms with van der Waals surface area (Å²) < 4.78 is 0. The summed E-state index contributed by atoms with van der Waals surface area (Å²) >= 11 is 1.54. The fourth-order valence-corrected chi connectivity index (χ4v) is 2.38. The van der Waals surface area contributed by atoms with Crippen LogP contribution in [0.2, 0.25) is 0 Å². The molecule has 2 heterocycles. The van der Waals surface area contributed by atoms with E-state index in [1.807, 2.05) is 6.07 Å². The summed E-state index contributed by atoms with van der Waals surface area (Å²) in [6.45, 7) is 4.08. The minimum Gasteiger partial charge on any atom is -0.329 e. The molecular weight excluding hydrogens is 248 g/mol. The minimum absolute atomic E-state index is 0.117. The number of hydrogen-bond acceptors (Lipinski definition) is 5. The molecule has 0 saturated carbocycles. The second-order valence-electron chi connectivity index (χ2n) is 3.94. The van der Waals surface area contributed by atoms with E-state index in [-0.39, 0.29) is 5.56 Å². The van der Waals surface area contributed by atoms with Gasteiger partial charge >= 0.3 is 0 Å². The van der Waals surface area contributed by atoms with Crippen molar-refractivity contribution < 1.29 is 0 Å². The fraction of sp³-hybridized carbons (Fsp3) is 0.417. The summed E-state index contributed by atoms with van der Waals surface area (Å²) in [5.74, 6) is 0. The molecule has 0 fully saturated rings. The van der Waals surface area contributed by atoms with Gasteiger partial charge in [0.15, 0.2) is 0 Å². The van der Waals surface area contributed by atoms with E-state index in [1.165, 1.54) is 11.3 Å². The largest absolute Gasteiger partial charge is 0.329 e. The maximum atomic E-state index is 11.2. The Morgan fingerprint density at radius 1 is 1.39 bits per heavy atom. The third kappa shape index (κ3) is 3.48. The smallest absolute Gasteiger partial charge is 0.248 e. The number of hydrogen-bond donors (Lipinski definition) is 2. The summed E-state index contributed by atoms with van der Waals surface area (Å²) in [4.78, 5) is 13.8. The van der Waals surface area contributed by atoms with Crippen LogP contribution >= 0.6 is 11.3 Å². The van der Waals surface area contributed by atoms with Crippen molar-refractivity contribution in [1.82, 2.24) is 20.5 Å². The van der Waals surface area contributed by atoms with E-state index < -0.39 is 0 Å². The molecule has 0 saturated heterocycles. The van der Waals surface area contributed by atoms with E-state index in [1.54, 1.807) is 12.3 Å². The molecule has 0 aliphatic heterocycles. The van der Waals surface area contributed by atoms with Gasteiger partial charge in [-0.15, -0.1) is 10.2 Å². The highest BCUT2D eigenvalue weighted by atomic mass is 32.1. The Morgan fingerprint density at radius 2 is 2.28 bits per heavy atom. The van der Waals surface area contributed by atoms with Crippen LogP contribution in [0.15, 0.2) is 23.1 Å². The lowest BCUT2D eigenvalue weighted by Crippen LogP contribution is -2.17. The molecule has 2 rings (SSSR count). The predicted molar refractivity (Wildman–Crippen MR) is 72.8 cm³/mol. The Hall–Kier alpha value is -1.53. The van der Waals surface area contributed by atoms with Crippen molar-refractivity contribution >= 4 is 11.3 Å². The minimum atomic E-state index is -0.117. The van der Waals surface area contributed by atoms with Gasteiger partial charge in [-0.25, -0.2) is 0 Å². The van der Waals surface area contributed by atoms with Gasteiger partial charge in [0.05, 0.1) is 0 Å². The van der Waals surface area contributed by atoms with E-state index in [0.717, 1.165) is 41.5 Å². The predicted octanol–water partition coefficient (Wildman–Crippen LogP) is 1.44. The molecule has 0 aliphatic carbocycles. The van der Waals surface area contributed by atoms with Crippen LogP contribution in [0, 0.1) is 0 Å². The Bertz CT molecular complexity index is 549. The summed E-state index contributed by atoms with van der Waals surface area (Å²) in [6.07, 6.45) is 3.64. The highest BCUT2D eigenvalue weighted by Gasteiger charge is 2.06. The lowest BCUT2D eigenvalue weighted by molar-refractivity contribution is 0.668. The Morgan fingerprint density at radius 3 is 3.06 bits per heavy atom. The van der Waals surface area contributed by atoms with Gasteiger partial charge in [0.1, 0.15) is 10.0 Å². The van der Waals surface area contributed by atoms with Crippen molar-refractivity contribution in [3.8, 4) is 10.6 Å². The van der Waals surface area contributed by atoms with Gasteiger partial charge in [-0.3, -0.25) is 4.79 Å². The van der Waals surface area contributed by atoms with Gasteiger partial charge in [0, 0.05) is 30.8 Å². The number of rotatable bonds is 6. The van der Waals surface area contributed by atoms with Crippen LogP contribution in [0.3, 0.4) is 0 Å². The number of nitrogens with zero attached hydrogens (tertiary/aromatic N) is 2. The maximum Gasteiger partial charge on any atom is 0.248 e. The van der Waals surface area contributed by atoms with Crippen molar-refractivity contribution in [3.63, 3.8) is 0 Å². The quantitative estimate of drug-likeness (QED) is 0.774. The number of aromatic amines is 1. The zero-order valence-corrected chi connectivity index (χ0v) is 11.1. The second-order valence-corrected chi connectivity index (χ2v) is 5.00. The molecule has 5 nitrogen and oxygen atoms in total. The van der Waals surface area contributed by atoms with Crippen LogP contribution in [0.4, 0.5) is 0 Å². The molecule has 0 spiro atoms. The fourth-order valence-electron chi connectivity index (χ4n) is 1.55. The molecule has 18 heavy (non-hydrogen) atoms. The molecule has 0 amide bonds. The van der Waals surface area contributed by atoms with Crippen molar-refractivity contribution in [3.05, 3.63) is 33.7 Å². The number of H-pyrrole nitrogens is 1. The lowest BCUT2D eigenvalue weighted by atomic mass is 10.3. The first-order chi connectivity index (χ1) is 8.79. The Balaban J connectivity index is 1.99. The standard InChI is InChI=1S/C12H16N4OS/c1-2-5-13-6-4-11-15-16-12(18-11)9-3-7-14-10(17)8-9/h3,7-8,13H,2,4-6H2,1H3,(H,14,17). The molecule has 0 aromatic carbocycles. The first-order valence-electron chi connectivity index (χ1n) is 6.02. The molecular formula is C12H16N4OS. The van der Waals surface area contributed by atoms with E-state index in [9.17, 15) is 4.79 Å². The van der Waals surface area contributed by atoms with Crippen LogP contribution in [-0.4, -0.2) is 28.3 Å². The van der Waals surface area contributed by atoms with E-state index in [2.05, 4.69) is 27.4 Å². The zero-order valence-electron chi connectivity index (χ0n) is 10.3. The monoisotopic (exact) mass is 264 g/mol. The zero-order chi connectivity index (χ0) is 12.8. The maximum absolute atomic E-state index is 11.2. The normalized spacial score (nSPS) is 10.7. The van der Waals surface area contributed by atoms with Crippen molar-refractivity contribution in [2.24, 2.45) is 0 Å². The molecule has 0 atom stereocenters. The van der Waals surface area contributed by atoms with Gasteiger partial charge in [-0.05, 0) is 19.0 Å². The molecule has 0 radical (unpaired) electrons. The van der Waals surface area contributed by atoms with E-state index in [4.69, 9.17) is 0 Å². The summed E-state index contributed by atoms with van der Waals surface area (Å²) in [7, 11) is 0. The third-order valence-corrected chi connectivity index (χ3v) is 3.46. The Kier molecular flexibility index (Phi) is 4.60. The molecule has 2 aromatic rings. The van der Waals surface area contributed by atoms with Gasteiger partial charge < -0.3 is 10.3 Å². The average Bonchev–Trinajstić information content (AvgIpc) is 2.83. The number of aromatic nitrogens is 3. The van der Waals surface area contributed by atoms with Gasteiger partial charge in [0.2, 0.25) is 5.56 Å². The van der Waals surface area contributed by atoms with Crippen LogP contribution < -0.4 is 10.9 Å². The SMILES string of the molecule is CCCNCCc1nnc(-c2cc[nH]c(=O)c2)s1. The summed E-state index contributed by atoms with van der Waals surface area (Å²) in [5, 5.41) is 13.4.